The second kappa shape index (κ2) is 6.51. The van der Waals surface area contributed by atoms with Gasteiger partial charge >= 0.3 is 7.12 Å². The van der Waals surface area contributed by atoms with Crippen molar-refractivity contribution in [1.29, 1.82) is 0 Å². The summed E-state index contributed by atoms with van der Waals surface area (Å²) >= 11 is 1.61. The summed E-state index contributed by atoms with van der Waals surface area (Å²) in [5.41, 5.74) is 1.68. The van der Waals surface area contributed by atoms with E-state index in [0.29, 0.717) is 5.82 Å². The molecule has 0 unspecified atom stereocenters. The second-order valence-corrected chi connectivity index (χ2v) is 8.93. The van der Waals surface area contributed by atoms with Crippen molar-refractivity contribution in [3.63, 3.8) is 0 Å². The molecule has 3 aromatic rings. The summed E-state index contributed by atoms with van der Waals surface area (Å²) in [6.07, 6.45) is 1.85. The van der Waals surface area contributed by atoms with Crippen LogP contribution in [0.4, 0.5) is 0 Å². The molecule has 0 radical (unpaired) electrons. The highest BCUT2D eigenvalue weighted by Crippen LogP contribution is 2.36. The number of nitrogens with zero attached hydrogens (tertiary/aromatic N) is 3. The Labute approximate surface area is 164 Å². The van der Waals surface area contributed by atoms with Crippen molar-refractivity contribution >= 4 is 24.0 Å². The molecule has 1 aliphatic heterocycles. The molecule has 0 aliphatic carbocycles. The summed E-state index contributed by atoms with van der Waals surface area (Å²) in [7, 11) is -0.534. The molecule has 1 aliphatic rings. The van der Waals surface area contributed by atoms with Crippen LogP contribution in [0.5, 0.6) is 0 Å². The molecule has 3 heterocycles. The monoisotopic (exact) mass is 379 g/mol. The molecule has 1 aromatic carbocycles. The normalized spacial score (nSPS) is 18.0. The van der Waals surface area contributed by atoms with Crippen LogP contribution in [0.15, 0.2) is 42.6 Å². The third-order valence-corrected chi connectivity index (χ3v) is 6.08. The lowest BCUT2D eigenvalue weighted by Gasteiger charge is -2.32. The number of hydrogen-bond acceptors (Lipinski definition) is 6. The summed E-state index contributed by atoms with van der Waals surface area (Å²) in [5, 5.41) is 1.00. The molecule has 7 heteroatoms. The Bertz CT molecular complexity index is 956. The molecular weight excluding hydrogens is 357 g/mol. The molecule has 1 fully saturated rings. The lowest BCUT2D eigenvalue weighted by atomic mass is 9.84. The molecule has 2 aromatic heterocycles. The number of rotatable bonds is 3. The molecule has 5 nitrogen and oxygen atoms in total. The van der Waals surface area contributed by atoms with Gasteiger partial charge in [0, 0.05) is 11.8 Å². The van der Waals surface area contributed by atoms with Crippen LogP contribution in [0.1, 0.15) is 32.7 Å². The van der Waals surface area contributed by atoms with Gasteiger partial charge in [-0.3, -0.25) is 0 Å². The first kappa shape index (κ1) is 18.3. The van der Waals surface area contributed by atoms with Gasteiger partial charge in [-0.1, -0.05) is 30.3 Å². The Morgan fingerprint density at radius 1 is 0.963 bits per heavy atom. The van der Waals surface area contributed by atoms with Crippen molar-refractivity contribution in [3.05, 3.63) is 47.6 Å². The number of aromatic nitrogens is 3. The van der Waals surface area contributed by atoms with Gasteiger partial charge in [-0.2, -0.15) is 0 Å². The standard InChI is InChI=1S/C20H22BN3O2S/c1-13-22-12-16(27-13)15-11-17(21-25-19(2,3)20(4,5)26-21)24-18(23-15)14-9-7-6-8-10-14/h6-12H,1-5H3. The van der Waals surface area contributed by atoms with Crippen LogP contribution in [0.3, 0.4) is 0 Å². The van der Waals surface area contributed by atoms with E-state index in [1.807, 2.05) is 77.2 Å². The first-order valence-corrected chi connectivity index (χ1v) is 9.80. The largest absolute Gasteiger partial charge is 0.514 e. The summed E-state index contributed by atoms with van der Waals surface area (Å²) < 4.78 is 12.4. The quantitative estimate of drug-likeness (QED) is 0.647. The zero-order valence-electron chi connectivity index (χ0n) is 16.2. The highest BCUT2D eigenvalue weighted by atomic mass is 32.1. The Hall–Kier alpha value is -2.09. The van der Waals surface area contributed by atoms with Crippen molar-refractivity contribution in [2.24, 2.45) is 0 Å². The van der Waals surface area contributed by atoms with E-state index >= 15 is 0 Å². The molecule has 27 heavy (non-hydrogen) atoms. The van der Waals surface area contributed by atoms with Gasteiger partial charge in [-0.05, 0) is 40.7 Å². The van der Waals surface area contributed by atoms with Crippen molar-refractivity contribution in [2.45, 2.75) is 45.8 Å². The van der Waals surface area contributed by atoms with Crippen molar-refractivity contribution in [3.8, 4) is 22.0 Å². The van der Waals surface area contributed by atoms with E-state index in [-0.39, 0.29) is 0 Å². The van der Waals surface area contributed by atoms with Crippen LogP contribution in [-0.2, 0) is 9.31 Å². The number of thiazole rings is 1. The molecule has 0 N–H and O–H groups in total. The third kappa shape index (κ3) is 3.42. The van der Waals surface area contributed by atoms with E-state index in [2.05, 4.69) is 4.98 Å². The number of hydrogen-bond donors (Lipinski definition) is 0. The summed E-state index contributed by atoms with van der Waals surface area (Å²) in [6.45, 7) is 10.2. The van der Waals surface area contributed by atoms with Gasteiger partial charge in [0.15, 0.2) is 5.82 Å². The van der Waals surface area contributed by atoms with E-state index in [0.717, 1.165) is 26.7 Å². The lowest BCUT2D eigenvalue weighted by Crippen LogP contribution is -2.41. The van der Waals surface area contributed by atoms with E-state index in [4.69, 9.17) is 19.3 Å². The average molecular weight is 379 g/mol. The highest BCUT2D eigenvalue weighted by molar-refractivity contribution is 7.15. The van der Waals surface area contributed by atoms with Gasteiger partial charge < -0.3 is 9.31 Å². The molecule has 0 saturated carbocycles. The number of aryl methyl sites for hydroxylation is 1. The first-order chi connectivity index (χ1) is 12.7. The van der Waals surface area contributed by atoms with E-state index in [1.165, 1.54) is 0 Å². The van der Waals surface area contributed by atoms with Crippen LogP contribution in [0.2, 0.25) is 0 Å². The highest BCUT2D eigenvalue weighted by Gasteiger charge is 2.52. The van der Waals surface area contributed by atoms with Crippen LogP contribution in [-0.4, -0.2) is 33.3 Å². The molecule has 4 rings (SSSR count). The smallest absolute Gasteiger partial charge is 0.398 e. The predicted octanol–water partition coefficient (Wildman–Crippen LogP) is 3.87. The molecule has 138 valence electrons. The molecule has 0 atom stereocenters. The van der Waals surface area contributed by atoms with Gasteiger partial charge in [0.2, 0.25) is 0 Å². The SMILES string of the molecule is Cc1ncc(-c2cc(B3OC(C)(C)C(C)(C)O3)nc(-c3ccccc3)n2)s1. The van der Waals surface area contributed by atoms with Crippen LogP contribution in [0, 0.1) is 6.92 Å². The molecule has 0 amide bonds. The van der Waals surface area contributed by atoms with Crippen LogP contribution < -0.4 is 5.59 Å². The van der Waals surface area contributed by atoms with Crippen molar-refractivity contribution < 1.29 is 9.31 Å². The minimum atomic E-state index is -0.534. The molecule has 0 spiro atoms. The summed E-state index contributed by atoms with van der Waals surface area (Å²) in [6, 6.07) is 11.9. The fourth-order valence-corrected chi connectivity index (χ4v) is 3.61. The first-order valence-electron chi connectivity index (χ1n) is 8.98. The predicted molar refractivity (Wildman–Crippen MR) is 109 cm³/mol. The molecular formula is C20H22BN3O2S. The second-order valence-electron chi connectivity index (χ2n) is 7.70. The molecule has 0 bridgehead atoms. The topological polar surface area (TPSA) is 57.1 Å². The Kier molecular flexibility index (Phi) is 4.41. The molecule has 1 saturated heterocycles. The van der Waals surface area contributed by atoms with Gasteiger partial charge in [-0.15, -0.1) is 11.3 Å². The zero-order chi connectivity index (χ0) is 19.2. The fraction of sp³-hybridized carbons (Fsp3) is 0.350. The van der Waals surface area contributed by atoms with Gasteiger partial charge in [0.1, 0.15) is 0 Å². The van der Waals surface area contributed by atoms with Crippen LogP contribution in [0.25, 0.3) is 22.0 Å². The minimum absolute atomic E-state index is 0.420. The summed E-state index contributed by atoms with van der Waals surface area (Å²) in [4.78, 5) is 14.9. The Balaban J connectivity index is 1.82. The summed E-state index contributed by atoms with van der Waals surface area (Å²) in [5.74, 6) is 0.656. The van der Waals surface area contributed by atoms with Gasteiger partial charge in [-0.25, -0.2) is 15.0 Å². The van der Waals surface area contributed by atoms with Gasteiger partial charge in [0.25, 0.3) is 0 Å². The average Bonchev–Trinajstić information content (AvgIpc) is 3.16. The van der Waals surface area contributed by atoms with Crippen molar-refractivity contribution in [2.75, 3.05) is 0 Å². The third-order valence-electron chi connectivity index (χ3n) is 5.15. The number of benzene rings is 1. The zero-order valence-corrected chi connectivity index (χ0v) is 17.0. The van der Waals surface area contributed by atoms with E-state index < -0.39 is 18.3 Å². The van der Waals surface area contributed by atoms with Crippen molar-refractivity contribution in [1.82, 2.24) is 15.0 Å². The maximum Gasteiger partial charge on any atom is 0.514 e. The van der Waals surface area contributed by atoms with E-state index in [9.17, 15) is 0 Å². The minimum Gasteiger partial charge on any atom is -0.398 e. The Morgan fingerprint density at radius 3 is 2.22 bits per heavy atom. The fourth-order valence-electron chi connectivity index (χ4n) is 2.87. The Morgan fingerprint density at radius 2 is 1.63 bits per heavy atom. The van der Waals surface area contributed by atoms with E-state index in [1.54, 1.807) is 11.3 Å². The van der Waals surface area contributed by atoms with Gasteiger partial charge in [0.05, 0.1) is 32.4 Å². The van der Waals surface area contributed by atoms with Crippen LogP contribution >= 0.6 is 11.3 Å². The maximum atomic E-state index is 6.21. The lowest BCUT2D eigenvalue weighted by molar-refractivity contribution is 0.00578. The maximum absolute atomic E-state index is 6.21.